The van der Waals surface area contributed by atoms with Gasteiger partial charge in [0.1, 0.15) is 11.5 Å². The van der Waals surface area contributed by atoms with Crippen molar-refractivity contribution in [3.63, 3.8) is 0 Å². The monoisotopic (exact) mass is 356 g/mol. The minimum atomic E-state index is -0.548. The van der Waals surface area contributed by atoms with Gasteiger partial charge in [0.15, 0.2) is 0 Å². The van der Waals surface area contributed by atoms with Crippen molar-refractivity contribution in [3.05, 3.63) is 77.3 Å². The molecular formula is C18H14ClFN4O. The second kappa shape index (κ2) is 7.27. The highest BCUT2D eigenvalue weighted by atomic mass is 35.5. The highest BCUT2D eigenvalue weighted by Gasteiger charge is 2.13. The molecular weight excluding hydrogens is 343 g/mol. The van der Waals surface area contributed by atoms with E-state index in [0.29, 0.717) is 11.6 Å². The lowest BCUT2D eigenvalue weighted by molar-refractivity contribution is 0.102. The normalized spacial score (nSPS) is 10.4. The van der Waals surface area contributed by atoms with E-state index in [2.05, 4.69) is 15.3 Å². The molecule has 0 atom stereocenters. The Bertz CT molecular complexity index is 905. The third-order valence-electron chi connectivity index (χ3n) is 3.50. The van der Waals surface area contributed by atoms with E-state index >= 15 is 0 Å². The van der Waals surface area contributed by atoms with E-state index in [1.165, 1.54) is 30.5 Å². The van der Waals surface area contributed by atoms with Gasteiger partial charge in [0.05, 0.1) is 5.02 Å². The van der Waals surface area contributed by atoms with Crippen molar-refractivity contribution in [1.82, 2.24) is 9.97 Å². The van der Waals surface area contributed by atoms with Crippen LogP contribution in [0.1, 0.15) is 10.5 Å². The Kier molecular flexibility index (Phi) is 4.90. The second-order valence-electron chi connectivity index (χ2n) is 5.22. The van der Waals surface area contributed by atoms with Gasteiger partial charge in [0.25, 0.3) is 5.91 Å². The summed E-state index contributed by atoms with van der Waals surface area (Å²) in [7, 11) is 1.81. The Balaban J connectivity index is 1.81. The van der Waals surface area contributed by atoms with Crippen molar-refractivity contribution >= 4 is 34.8 Å². The summed E-state index contributed by atoms with van der Waals surface area (Å²) in [5, 5.41) is 2.57. The largest absolute Gasteiger partial charge is 0.321 e. The lowest BCUT2D eigenvalue weighted by atomic mass is 10.3. The molecule has 2 aromatic carbocycles. The summed E-state index contributed by atoms with van der Waals surface area (Å²) in [5.41, 5.74) is 1.46. The Morgan fingerprint density at radius 3 is 2.64 bits per heavy atom. The summed E-state index contributed by atoms with van der Waals surface area (Å²) in [6.07, 6.45) is 1.51. The number of carbonyl (C=O) groups excluding carboxylic acids is 1. The van der Waals surface area contributed by atoms with Gasteiger partial charge in [-0.1, -0.05) is 29.8 Å². The molecule has 3 rings (SSSR count). The van der Waals surface area contributed by atoms with Crippen molar-refractivity contribution in [1.29, 1.82) is 0 Å². The van der Waals surface area contributed by atoms with Crippen LogP contribution in [-0.4, -0.2) is 22.9 Å². The second-order valence-corrected chi connectivity index (χ2v) is 5.63. The number of halogens is 2. The van der Waals surface area contributed by atoms with Crippen molar-refractivity contribution < 1.29 is 9.18 Å². The van der Waals surface area contributed by atoms with Gasteiger partial charge in [-0.25, -0.2) is 14.4 Å². The first-order chi connectivity index (χ1) is 12.0. The fourth-order valence-electron chi connectivity index (χ4n) is 2.17. The van der Waals surface area contributed by atoms with Crippen molar-refractivity contribution in [2.24, 2.45) is 0 Å². The summed E-state index contributed by atoms with van der Waals surface area (Å²) in [4.78, 5) is 22.6. The Morgan fingerprint density at radius 1 is 1.16 bits per heavy atom. The molecule has 25 heavy (non-hydrogen) atoms. The third-order valence-corrected chi connectivity index (χ3v) is 3.79. The molecule has 1 heterocycles. The molecule has 0 aliphatic heterocycles. The van der Waals surface area contributed by atoms with Crippen molar-refractivity contribution in [2.75, 3.05) is 17.3 Å². The maximum absolute atomic E-state index is 13.2. The average molecular weight is 357 g/mol. The number of anilines is 3. The van der Waals surface area contributed by atoms with Gasteiger partial charge in [-0.05, 0) is 36.4 Å². The molecule has 0 spiro atoms. The molecule has 3 aromatic rings. The molecule has 0 aliphatic carbocycles. The van der Waals surface area contributed by atoms with Crippen LogP contribution in [0.15, 0.2) is 60.8 Å². The van der Waals surface area contributed by atoms with Crippen LogP contribution in [0.25, 0.3) is 0 Å². The Labute approximate surface area is 149 Å². The van der Waals surface area contributed by atoms with Crippen LogP contribution < -0.4 is 10.2 Å². The van der Waals surface area contributed by atoms with Crippen LogP contribution in [0.2, 0.25) is 5.02 Å². The number of rotatable bonds is 4. The Morgan fingerprint density at radius 2 is 1.92 bits per heavy atom. The van der Waals surface area contributed by atoms with Gasteiger partial charge in [0, 0.05) is 24.6 Å². The van der Waals surface area contributed by atoms with E-state index < -0.39 is 11.7 Å². The van der Waals surface area contributed by atoms with E-state index in [1.54, 1.807) is 4.90 Å². The number of amides is 1. The molecule has 0 saturated carbocycles. The van der Waals surface area contributed by atoms with Gasteiger partial charge in [0.2, 0.25) is 5.95 Å². The predicted molar refractivity (Wildman–Crippen MR) is 95.9 cm³/mol. The van der Waals surface area contributed by atoms with Gasteiger partial charge >= 0.3 is 0 Å². The molecule has 5 nitrogen and oxygen atoms in total. The molecule has 7 heteroatoms. The van der Waals surface area contributed by atoms with Gasteiger partial charge < -0.3 is 10.2 Å². The van der Waals surface area contributed by atoms with Gasteiger partial charge in [-0.2, -0.15) is 0 Å². The summed E-state index contributed by atoms with van der Waals surface area (Å²) in [5.74, 6) is -0.600. The zero-order valence-corrected chi connectivity index (χ0v) is 14.0. The van der Waals surface area contributed by atoms with Crippen LogP contribution in [-0.2, 0) is 0 Å². The summed E-state index contributed by atoms with van der Waals surface area (Å²) in [6.45, 7) is 0. The van der Waals surface area contributed by atoms with Gasteiger partial charge in [-0.15, -0.1) is 0 Å². The van der Waals surface area contributed by atoms with Crippen LogP contribution in [0.5, 0.6) is 0 Å². The quantitative estimate of drug-likeness (QED) is 0.757. The first-order valence-electron chi connectivity index (χ1n) is 7.43. The minimum Gasteiger partial charge on any atom is -0.321 e. The van der Waals surface area contributed by atoms with E-state index in [9.17, 15) is 9.18 Å². The summed E-state index contributed by atoms with van der Waals surface area (Å²) < 4.78 is 13.2. The number of benzene rings is 2. The number of para-hydroxylation sites is 1. The number of aromatic nitrogens is 2. The van der Waals surface area contributed by atoms with E-state index in [0.717, 1.165) is 5.69 Å². The average Bonchev–Trinajstić information content (AvgIpc) is 2.65. The molecule has 0 aliphatic rings. The topological polar surface area (TPSA) is 58.1 Å². The number of hydrogen-bond donors (Lipinski definition) is 1. The first-order valence-corrected chi connectivity index (χ1v) is 7.80. The van der Waals surface area contributed by atoms with Crippen LogP contribution in [0.4, 0.5) is 21.7 Å². The fourth-order valence-corrected chi connectivity index (χ4v) is 2.35. The maximum atomic E-state index is 13.2. The van der Waals surface area contributed by atoms with E-state index in [4.69, 9.17) is 11.6 Å². The van der Waals surface area contributed by atoms with Crippen LogP contribution in [0.3, 0.4) is 0 Å². The maximum Gasteiger partial charge on any atom is 0.274 e. The Hall–Kier alpha value is -2.99. The van der Waals surface area contributed by atoms with E-state index in [1.807, 2.05) is 37.4 Å². The smallest absolute Gasteiger partial charge is 0.274 e. The number of nitrogens with one attached hydrogen (secondary N) is 1. The van der Waals surface area contributed by atoms with E-state index in [-0.39, 0.29) is 10.7 Å². The molecule has 1 N–H and O–H groups in total. The number of nitrogens with zero attached hydrogens (tertiary/aromatic N) is 3. The highest BCUT2D eigenvalue weighted by Crippen LogP contribution is 2.21. The molecule has 0 bridgehead atoms. The summed E-state index contributed by atoms with van der Waals surface area (Å²) in [6, 6.07) is 15.0. The SMILES string of the molecule is CN(c1ccccc1)c1nccc(C(=O)Nc2ccc(F)c(Cl)c2)n1. The fraction of sp³-hybridized carbons (Fsp3) is 0.0556. The molecule has 0 saturated heterocycles. The standard InChI is InChI=1S/C18H14ClFN4O/c1-24(13-5-3-2-4-6-13)18-21-10-9-16(23-18)17(25)22-12-7-8-15(20)14(19)11-12/h2-11H,1H3,(H,22,25). The van der Waals surface area contributed by atoms with Crippen LogP contribution in [0, 0.1) is 5.82 Å². The van der Waals surface area contributed by atoms with Gasteiger partial charge in [-0.3, -0.25) is 4.79 Å². The molecule has 0 radical (unpaired) electrons. The van der Waals surface area contributed by atoms with Crippen molar-refractivity contribution in [3.8, 4) is 0 Å². The predicted octanol–water partition coefficient (Wildman–Crippen LogP) is 4.29. The minimum absolute atomic E-state index is 0.0648. The summed E-state index contributed by atoms with van der Waals surface area (Å²) >= 11 is 5.72. The first kappa shape index (κ1) is 16.9. The molecule has 0 unspecified atom stereocenters. The number of carbonyl (C=O) groups is 1. The number of hydrogen-bond acceptors (Lipinski definition) is 4. The third kappa shape index (κ3) is 3.92. The molecule has 1 amide bonds. The van der Waals surface area contributed by atoms with Crippen molar-refractivity contribution in [2.45, 2.75) is 0 Å². The molecule has 126 valence electrons. The zero-order valence-electron chi connectivity index (χ0n) is 13.3. The van der Waals surface area contributed by atoms with Crippen LogP contribution >= 0.6 is 11.6 Å². The highest BCUT2D eigenvalue weighted by molar-refractivity contribution is 6.31. The lowest BCUT2D eigenvalue weighted by Gasteiger charge is -2.17. The zero-order chi connectivity index (χ0) is 17.8. The lowest BCUT2D eigenvalue weighted by Crippen LogP contribution is -2.18. The molecule has 1 aromatic heterocycles. The molecule has 0 fully saturated rings.